The zero-order valence-electron chi connectivity index (χ0n) is 12.0. The van der Waals surface area contributed by atoms with E-state index in [0.29, 0.717) is 43.2 Å². The highest BCUT2D eigenvalue weighted by Gasteiger charge is 2.06. The maximum atomic E-state index is 9.75. The second-order valence-corrected chi connectivity index (χ2v) is 4.29. The lowest BCUT2D eigenvalue weighted by molar-refractivity contribution is 0.0103. The Kier molecular flexibility index (Phi) is 7.85. The first-order valence-electron chi connectivity index (χ1n) is 6.73. The number of ether oxygens (including phenoxy) is 2. The van der Waals surface area contributed by atoms with Crippen LogP contribution in [0.1, 0.15) is 18.1 Å². The zero-order valence-corrected chi connectivity index (χ0v) is 12.0. The summed E-state index contributed by atoms with van der Waals surface area (Å²) in [6.07, 6.45) is -0.659. The van der Waals surface area contributed by atoms with Gasteiger partial charge in [0.15, 0.2) is 0 Å². The summed E-state index contributed by atoms with van der Waals surface area (Å²) in [6, 6.07) is 8.77. The van der Waals surface area contributed by atoms with Crippen LogP contribution >= 0.6 is 0 Å². The van der Waals surface area contributed by atoms with Gasteiger partial charge in [0.2, 0.25) is 0 Å². The molecular formula is C15H19N3O3. The van der Waals surface area contributed by atoms with Crippen LogP contribution in [0.3, 0.4) is 0 Å². The van der Waals surface area contributed by atoms with E-state index in [1.807, 2.05) is 19.1 Å². The standard InChI is InChI=1S/C15H19N3O3/c1-2-20-5-6-21-11-15(19)10-18-14-4-3-12(8-16)13(7-14)9-17/h3-4,7,15,18-19H,2,5-6,10-11H2,1H3. The molecule has 1 aromatic rings. The third kappa shape index (κ3) is 6.24. The second-order valence-electron chi connectivity index (χ2n) is 4.29. The fourth-order valence-electron chi connectivity index (χ4n) is 1.62. The molecule has 1 atom stereocenters. The van der Waals surface area contributed by atoms with Crippen molar-refractivity contribution in [1.82, 2.24) is 0 Å². The van der Waals surface area contributed by atoms with Gasteiger partial charge >= 0.3 is 0 Å². The van der Waals surface area contributed by atoms with Crippen molar-refractivity contribution < 1.29 is 14.6 Å². The van der Waals surface area contributed by atoms with Crippen LogP contribution in [0, 0.1) is 22.7 Å². The number of anilines is 1. The lowest BCUT2D eigenvalue weighted by Gasteiger charge is -2.13. The average molecular weight is 289 g/mol. The van der Waals surface area contributed by atoms with E-state index in [2.05, 4.69) is 5.32 Å². The number of benzene rings is 1. The van der Waals surface area contributed by atoms with E-state index in [0.717, 1.165) is 0 Å². The zero-order chi connectivity index (χ0) is 15.5. The summed E-state index contributed by atoms with van der Waals surface area (Å²) in [7, 11) is 0. The normalized spacial score (nSPS) is 11.4. The Morgan fingerprint density at radius 2 is 1.90 bits per heavy atom. The molecule has 0 bridgehead atoms. The molecule has 0 aromatic heterocycles. The van der Waals surface area contributed by atoms with E-state index in [1.54, 1.807) is 18.2 Å². The number of aliphatic hydroxyl groups is 1. The van der Waals surface area contributed by atoms with Gasteiger partial charge < -0.3 is 19.9 Å². The van der Waals surface area contributed by atoms with Gasteiger partial charge in [0.1, 0.15) is 12.1 Å². The number of aliphatic hydroxyl groups excluding tert-OH is 1. The van der Waals surface area contributed by atoms with Gasteiger partial charge in [0.25, 0.3) is 0 Å². The number of hydrogen-bond acceptors (Lipinski definition) is 6. The highest BCUT2D eigenvalue weighted by molar-refractivity contribution is 5.56. The molecule has 1 unspecified atom stereocenters. The van der Waals surface area contributed by atoms with Gasteiger partial charge in [-0.25, -0.2) is 0 Å². The fraction of sp³-hybridized carbons (Fsp3) is 0.467. The van der Waals surface area contributed by atoms with Gasteiger partial charge in [0, 0.05) is 18.8 Å². The van der Waals surface area contributed by atoms with E-state index in [9.17, 15) is 5.11 Å². The summed E-state index contributed by atoms with van der Waals surface area (Å²) in [6.45, 7) is 4.02. The van der Waals surface area contributed by atoms with Crippen LogP contribution in [0.15, 0.2) is 18.2 Å². The van der Waals surface area contributed by atoms with E-state index in [1.165, 1.54) is 0 Å². The monoisotopic (exact) mass is 289 g/mol. The van der Waals surface area contributed by atoms with Gasteiger partial charge in [-0.3, -0.25) is 0 Å². The highest BCUT2D eigenvalue weighted by atomic mass is 16.5. The molecule has 0 heterocycles. The van der Waals surface area contributed by atoms with E-state index >= 15 is 0 Å². The third-order valence-corrected chi connectivity index (χ3v) is 2.69. The number of hydrogen-bond donors (Lipinski definition) is 2. The lowest BCUT2D eigenvalue weighted by atomic mass is 10.1. The van der Waals surface area contributed by atoms with Crippen molar-refractivity contribution >= 4 is 5.69 Å². The predicted molar refractivity (Wildman–Crippen MR) is 77.7 cm³/mol. The Morgan fingerprint density at radius 1 is 1.19 bits per heavy atom. The van der Waals surface area contributed by atoms with E-state index in [4.69, 9.17) is 20.0 Å². The van der Waals surface area contributed by atoms with Gasteiger partial charge in [-0.2, -0.15) is 10.5 Å². The maximum Gasteiger partial charge on any atom is 0.101 e. The molecule has 2 N–H and O–H groups in total. The molecule has 0 saturated carbocycles. The van der Waals surface area contributed by atoms with Crippen molar-refractivity contribution in [1.29, 1.82) is 10.5 Å². The van der Waals surface area contributed by atoms with Crippen molar-refractivity contribution in [3.63, 3.8) is 0 Å². The molecule has 0 amide bonds. The third-order valence-electron chi connectivity index (χ3n) is 2.69. The first-order chi connectivity index (χ1) is 10.2. The van der Waals surface area contributed by atoms with Crippen LogP contribution in [-0.2, 0) is 9.47 Å². The van der Waals surface area contributed by atoms with E-state index in [-0.39, 0.29) is 6.61 Å². The van der Waals surface area contributed by atoms with Crippen molar-refractivity contribution in [3.05, 3.63) is 29.3 Å². The Hall–Kier alpha value is -2.12. The molecule has 6 nitrogen and oxygen atoms in total. The maximum absolute atomic E-state index is 9.75. The van der Waals surface area contributed by atoms with Crippen LogP contribution in [0.25, 0.3) is 0 Å². The highest BCUT2D eigenvalue weighted by Crippen LogP contribution is 2.14. The summed E-state index contributed by atoms with van der Waals surface area (Å²) >= 11 is 0. The molecule has 0 fully saturated rings. The van der Waals surface area contributed by atoms with E-state index < -0.39 is 6.10 Å². The molecule has 112 valence electrons. The Bertz CT molecular complexity index is 520. The first kappa shape index (κ1) is 16.9. The minimum absolute atomic E-state index is 0.210. The largest absolute Gasteiger partial charge is 0.389 e. The first-order valence-corrected chi connectivity index (χ1v) is 6.73. The Balaban J connectivity index is 2.35. The molecule has 21 heavy (non-hydrogen) atoms. The molecule has 0 radical (unpaired) electrons. The van der Waals surface area contributed by atoms with Crippen molar-refractivity contribution in [3.8, 4) is 12.1 Å². The summed E-state index contributed by atoms with van der Waals surface area (Å²) in [5.41, 5.74) is 1.33. The number of nitriles is 2. The second kappa shape index (κ2) is 9.73. The van der Waals surface area contributed by atoms with Crippen LogP contribution in [-0.4, -0.2) is 44.2 Å². The number of nitrogens with one attached hydrogen (secondary N) is 1. The summed E-state index contributed by atoms with van der Waals surface area (Å²) in [5, 5.41) is 30.5. The summed E-state index contributed by atoms with van der Waals surface area (Å²) < 4.78 is 10.4. The van der Waals surface area contributed by atoms with Gasteiger partial charge in [-0.15, -0.1) is 0 Å². The van der Waals surface area contributed by atoms with Crippen molar-refractivity contribution in [2.75, 3.05) is 38.3 Å². The van der Waals surface area contributed by atoms with Crippen LogP contribution in [0.5, 0.6) is 0 Å². The predicted octanol–water partition coefficient (Wildman–Crippen LogP) is 1.26. The average Bonchev–Trinajstić information content (AvgIpc) is 2.52. The molecule has 0 aliphatic carbocycles. The van der Waals surface area contributed by atoms with Crippen LogP contribution in [0.2, 0.25) is 0 Å². The number of nitrogens with zero attached hydrogens (tertiary/aromatic N) is 2. The molecule has 1 aromatic carbocycles. The van der Waals surface area contributed by atoms with Crippen LogP contribution < -0.4 is 5.32 Å². The molecule has 6 heteroatoms. The minimum Gasteiger partial charge on any atom is -0.389 e. The van der Waals surface area contributed by atoms with Gasteiger partial charge in [-0.1, -0.05) is 0 Å². The Labute approximate surface area is 124 Å². The number of rotatable bonds is 9. The molecule has 1 rings (SSSR count). The van der Waals surface area contributed by atoms with Gasteiger partial charge in [0.05, 0.1) is 37.1 Å². The molecular weight excluding hydrogens is 270 g/mol. The van der Waals surface area contributed by atoms with Crippen LogP contribution in [0.4, 0.5) is 5.69 Å². The lowest BCUT2D eigenvalue weighted by Crippen LogP contribution is -2.25. The molecule has 0 aliphatic heterocycles. The summed E-state index contributed by atoms with van der Waals surface area (Å²) in [4.78, 5) is 0. The van der Waals surface area contributed by atoms with Crippen molar-refractivity contribution in [2.24, 2.45) is 0 Å². The van der Waals surface area contributed by atoms with Gasteiger partial charge in [-0.05, 0) is 25.1 Å². The quantitative estimate of drug-likeness (QED) is 0.664. The topological polar surface area (TPSA) is 98.3 Å². The molecule has 0 aliphatic rings. The summed E-state index contributed by atoms with van der Waals surface area (Å²) in [5.74, 6) is 0. The van der Waals surface area contributed by atoms with Crippen molar-refractivity contribution in [2.45, 2.75) is 13.0 Å². The molecule has 0 spiro atoms. The smallest absolute Gasteiger partial charge is 0.101 e. The molecule has 0 saturated heterocycles. The SMILES string of the molecule is CCOCCOCC(O)CNc1ccc(C#N)c(C#N)c1. The fourth-order valence-corrected chi connectivity index (χ4v) is 1.62. The Morgan fingerprint density at radius 3 is 2.57 bits per heavy atom. The minimum atomic E-state index is -0.659.